The minimum Gasteiger partial charge on any atom is -0.366 e. The monoisotopic (exact) mass is 169 g/mol. The summed E-state index contributed by atoms with van der Waals surface area (Å²) < 4.78 is 40.6. The molecule has 0 aromatic rings. The van der Waals surface area contributed by atoms with Crippen LogP contribution in [0.1, 0.15) is 6.92 Å². The van der Waals surface area contributed by atoms with E-state index >= 15 is 0 Å². The van der Waals surface area contributed by atoms with E-state index in [1.165, 1.54) is 6.92 Å². The Balaban J connectivity index is 2.55. The Bertz CT molecular complexity index is 136. The van der Waals surface area contributed by atoms with Gasteiger partial charge in [-0.1, -0.05) is 0 Å². The zero-order valence-corrected chi connectivity index (χ0v) is 6.11. The summed E-state index contributed by atoms with van der Waals surface area (Å²) in [6.45, 7) is 2.10. The van der Waals surface area contributed by atoms with Crippen LogP contribution in [-0.4, -0.2) is 31.5 Å². The van der Waals surface area contributed by atoms with Gasteiger partial charge in [-0.2, -0.15) is 13.2 Å². The Morgan fingerprint density at radius 1 is 1.45 bits per heavy atom. The maximum atomic E-state index is 12.0. The molecule has 2 nitrogen and oxygen atoms in total. The number of halogens is 3. The van der Waals surface area contributed by atoms with E-state index in [9.17, 15) is 13.2 Å². The molecule has 0 aromatic heterocycles. The van der Waals surface area contributed by atoms with Crippen LogP contribution in [0.2, 0.25) is 0 Å². The van der Waals surface area contributed by atoms with Gasteiger partial charge in [0.1, 0.15) is 0 Å². The predicted octanol–water partition coefficient (Wildman–Crippen LogP) is 0.926. The minimum atomic E-state index is -4.24. The molecule has 1 saturated heterocycles. The predicted molar refractivity (Wildman–Crippen MR) is 33.3 cm³/mol. The molecule has 0 spiro atoms. The van der Waals surface area contributed by atoms with E-state index < -0.39 is 18.3 Å². The molecule has 0 aliphatic carbocycles. The second kappa shape index (κ2) is 2.98. The molecule has 1 aliphatic heterocycles. The molecule has 1 fully saturated rings. The number of hydrogen-bond donors (Lipinski definition) is 1. The van der Waals surface area contributed by atoms with E-state index in [0.717, 1.165) is 0 Å². The summed E-state index contributed by atoms with van der Waals surface area (Å²) >= 11 is 0. The number of rotatable bonds is 0. The highest BCUT2D eigenvalue weighted by atomic mass is 19.4. The molecule has 0 bridgehead atoms. The zero-order chi connectivity index (χ0) is 8.48. The first-order valence-corrected chi connectivity index (χ1v) is 3.43. The van der Waals surface area contributed by atoms with E-state index in [1.807, 2.05) is 0 Å². The number of hydrogen-bond acceptors (Lipinski definition) is 2. The van der Waals surface area contributed by atoms with Crippen molar-refractivity contribution in [3.05, 3.63) is 0 Å². The molecular weight excluding hydrogens is 159 g/mol. The molecule has 0 aromatic carbocycles. The van der Waals surface area contributed by atoms with Gasteiger partial charge in [-0.15, -0.1) is 0 Å². The summed E-state index contributed by atoms with van der Waals surface area (Å²) in [7, 11) is 0. The first-order chi connectivity index (χ1) is 5.02. The summed E-state index contributed by atoms with van der Waals surface area (Å²) in [5, 5.41) is 2.69. The van der Waals surface area contributed by atoms with Gasteiger partial charge in [0, 0.05) is 12.6 Å². The summed E-state index contributed by atoms with van der Waals surface area (Å²) in [6.07, 6.45) is -5.89. The molecule has 2 atom stereocenters. The Morgan fingerprint density at radius 3 is 2.45 bits per heavy atom. The van der Waals surface area contributed by atoms with Gasteiger partial charge in [0.25, 0.3) is 0 Å². The van der Waals surface area contributed by atoms with Gasteiger partial charge in [0.05, 0.1) is 6.61 Å². The van der Waals surface area contributed by atoms with Crippen LogP contribution in [-0.2, 0) is 4.74 Å². The van der Waals surface area contributed by atoms with Gasteiger partial charge in [0.2, 0.25) is 0 Å². The van der Waals surface area contributed by atoms with Gasteiger partial charge in [-0.05, 0) is 6.92 Å². The highest BCUT2D eigenvalue weighted by molar-refractivity contribution is 4.82. The fourth-order valence-electron chi connectivity index (χ4n) is 1.10. The maximum absolute atomic E-state index is 12.0. The summed E-state index contributed by atoms with van der Waals surface area (Å²) in [5.74, 6) is 0. The van der Waals surface area contributed by atoms with Crippen molar-refractivity contribution in [1.82, 2.24) is 5.32 Å². The molecule has 0 unspecified atom stereocenters. The molecule has 1 aliphatic rings. The highest BCUT2D eigenvalue weighted by Crippen LogP contribution is 2.26. The molecule has 1 rings (SSSR count). The van der Waals surface area contributed by atoms with Crippen molar-refractivity contribution >= 4 is 0 Å². The van der Waals surface area contributed by atoms with Crippen molar-refractivity contribution < 1.29 is 17.9 Å². The SMILES string of the molecule is C[C@@H]1NCCO[C@H]1C(F)(F)F. The topological polar surface area (TPSA) is 21.3 Å². The fourth-order valence-corrected chi connectivity index (χ4v) is 1.10. The van der Waals surface area contributed by atoms with Crippen LogP contribution in [0.15, 0.2) is 0 Å². The summed E-state index contributed by atoms with van der Waals surface area (Å²) in [4.78, 5) is 0. The molecule has 0 amide bonds. The van der Waals surface area contributed by atoms with Gasteiger partial charge < -0.3 is 10.1 Å². The highest BCUT2D eigenvalue weighted by Gasteiger charge is 2.45. The average Bonchev–Trinajstić information content (AvgIpc) is 1.86. The molecule has 1 heterocycles. The van der Waals surface area contributed by atoms with Crippen LogP contribution in [0.5, 0.6) is 0 Å². The largest absolute Gasteiger partial charge is 0.416 e. The van der Waals surface area contributed by atoms with Crippen molar-refractivity contribution in [2.45, 2.75) is 25.2 Å². The Kier molecular flexibility index (Phi) is 2.39. The molecule has 0 saturated carbocycles. The third-order valence-electron chi connectivity index (χ3n) is 1.64. The van der Waals surface area contributed by atoms with E-state index in [0.29, 0.717) is 6.54 Å². The van der Waals surface area contributed by atoms with Crippen LogP contribution in [0.4, 0.5) is 13.2 Å². The third-order valence-corrected chi connectivity index (χ3v) is 1.64. The number of alkyl halides is 3. The lowest BCUT2D eigenvalue weighted by Gasteiger charge is -2.31. The Morgan fingerprint density at radius 2 is 2.09 bits per heavy atom. The van der Waals surface area contributed by atoms with E-state index in [4.69, 9.17) is 0 Å². The average molecular weight is 169 g/mol. The quantitative estimate of drug-likeness (QED) is 0.582. The van der Waals surface area contributed by atoms with Crippen molar-refractivity contribution in [3.63, 3.8) is 0 Å². The van der Waals surface area contributed by atoms with Crippen molar-refractivity contribution in [2.75, 3.05) is 13.2 Å². The lowest BCUT2D eigenvalue weighted by molar-refractivity contribution is -0.235. The lowest BCUT2D eigenvalue weighted by atomic mass is 10.1. The van der Waals surface area contributed by atoms with Crippen LogP contribution >= 0.6 is 0 Å². The minimum absolute atomic E-state index is 0.133. The van der Waals surface area contributed by atoms with Gasteiger partial charge in [0.15, 0.2) is 6.10 Å². The van der Waals surface area contributed by atoms with E-state index in [1.54, 1.807) is 0 Å². The summed E-state index contributed by atoms with van der Waals surface area (Å²) in [6, 6.07) is -0.635. The van der Waals surface area contributed by atoms with Crippen LogP contribution in [0.25, 0.3) is 0 Å². The molecule has 0 radical (unpaired) electrons. The Labute approximate surface area is 62.7 Å². The maximum Gasteiger partial charge on any atom is 0.416 e. The van der Waals surface area contributed by atoms with E-state index in [2.05, 4.69) is 10.1 Å². The Hall–Kier alpha value is -0.290. The fraction of sp³-hybridized carbons (Fsp3) is 1.00. The molecular formula is C6H10F3NO. The molecule has 66 valence electrons. The second-order valence-electron chi connectivity index (χ2n) is 2.58. The van der Waals surface area contributed by atoms with Crippen LogP contribution in [0, 0.1) is 0 Å². The second-order valence-corrected chi connectivity index (χ2v) is 2.58. The third kappa shape index (κ3) is 2.07. The van der Waals surface area contributed by atoms with Crippen LogP contribution < -0.4 is 5.32 Å². The first-order valence-electron chi connectivity index (χ1n) is 3.43. The molecule has 11 heavy (non-hydrogen) atoms. The van der Waals surface area contributed by atoms with Gasteiger partial charge in [-0.25, -0.2) is 0 Å². The molecule has 1 N–H and O–H groups in total. The molecule has 5 heteroatoms. The smallest absolute Gasteiger partial charge is 0.366 e. The van der Waals surface area contributed by atoms with E-state index in [-0.39, 0.29) is 6.61 Å². The van der Waals surface area contributed by atoms with Crippen molar-refractivity contribution in [1.29, 1.82) is 0 Å². The normalized spacial score (nSPS) is 33.8. The summed E-state index contributed by atoms with van der Waals surface area (Å²) in [5.41, 5.74) is 0. The van der Waals surface area contributed by atoms with Gasteiger partial charge in [-0.3, -0.25) is 0 Å². The van der Waals surface area contributed by atoms with Gasteiger partial charge >= 0.3 is 6.18 Å². The zero-order valence-electron chi connectivity index (χ0n) is 6.11. The number of ether oxygens (including phenoxy) is 1. The lowest BCUT2D eigenvalue weighted by Crippen LogP contribution is -2.53. The van der Waals surface area contributed by atoms with Crippen LogP contribution in [0.3, 0.4) is 0 Å². The number of morpholine rings is 1. The van der Waals surface area contributed by atoms with Crippen molar-refractivity contribution in [3.8, 4) is 0 Å². The first kappa shape index (κ1) is 8.80. The van der Waals surface area contributed by atoms with Crippen molar-refractivity contribution in [2.24, 2.45) is 0 Å². The number of nitrogens with one attached hydrogen (secondary N) is 1. The standard InChI is InChI=1S/C6H10F3NO/c1-4-5(6(7,8)9)11-3-2-10-4/h4-5,10H,2-3H2,1H3/t4-,5+/m0/s1.